The van der Waals surface area contributed by atoms with Gasteiger partial charge in [0.15, 0.2) is 5.17 Å². The molecule has 0 atom stereocenters. The summed E-state index contributed by atoms with van der Waals surface area (Å²) in [6, 6.07) is 12.8. The molecule has 29 heavy (non-hydrogen) atoms. The van der Waals surface area contributed by atoms with Gasteiger partial charge < -0.3 is 9.47 Å². The van der Waals surface area contributed by atoms with E-state index in [-0.39, 0.29) is 5.91 Å². The van der Waals surface area contributed by atoms with Gasteiger partial charge in [0.2, 0.25) is 0 Å². The topological polar surface area (TPSA) is 51.1 Å². The Bertz CT molecular complexity index is 955. The Balaban J connectivity index is 1.97. The molecule has 1 aliphatic heterocycles. The second kappa shape index (κ2) is 9.37. The van der Waals surface area contributed by atoms with Crippen LogP contribution in [0.2, 0.25) is 5.02 Å². The first-order valence-electron chi connectivity index (χ1n) is 9.18. The van der Waals surface area contributed by atoms with Gasteiger partial charge in [-0.05, 0) is 41.8 Å². The fraction of sp³-hybridized carbons (Fsp3) is 0.273. The number of benzene rings is 2. The summed E-state index contributed by atoms with van der Waals surface area (Å²) in [6.07, 6.45) is 1.78. The zero-order chi connectivity index (χ0) is 21.0. The normalized spacial score (nSPS) is 15.2. The molecule has 0 bridgehead atoms. The van der Waals surface area contributed by atoms with Crippen LogP contribution in [0.4, 0.5) is 5.69 Å². The number of amidine groups is 1. The van der Waals surface area contributed by atoms with Crippen molar-refractivity contribution in [3.05, 3.63) is 58.7 Å². The number of carbonyl (C=O) groups is 1. The zero-order valence-corrected chi connectivity index (χ0v) is 18.4. The average Bonchev–Trinajstić information content (AvgIpc) is 3.02. The van der Waals surface area contributed by atoms with Gasteiger partial charge >= 0.3 is 0 Å². The quantitative estimate of drug-likeness (QED) is 0.568. The first-order valence-corrected chi connectivity index (χ1v) is 10.5. The van der Waals surface area contributed by atoms with Crippen molar-refractivity contribution in [3.8, 4) is 11.5 Å². The maximum atomic E-state index is 13.2. The number of ether oxygens (including phenoxy) is 2. The number of aliphatic imine (C=N–C) groups is 1. The molecule has 5 nitrogen and oxygen atoms in total. The van der Waals surface area contributed by atoms with Gasteiger partial charge in [0.05, 0.1) is 24.9 Å². The molecule has 2 aromatic carbocycles. The summed E-state index contributed by atoms with van der Waals surface area (Å²) in [5.41, 5.74) is 1.93. The summed E-state index contributed by atoms with van der Waals surface area (Å²) >= 11 is 7.71. The van der Waals surface area contributed by atoms with Crippen LogP contribution in [-0.4, -0.2) is 31.0 Å². The van der Waals surface area contributed by atoms with Crippen LogP contribution in [0.25, 0.3) is 6.08 Å². The minimum Gasteiger partial charge on any atom is -0.497 e. The number of methoxy groups -OCH3 is 2. The van der Waals surface area contributed by atoms with Crippen molar-refractivity contribution in [2.45, 2.75) is 13.8 Å². The first kappa shape index (κ1) is 21.3. The Morgan fingerprint density at radius 2 is 1.86 bits per heavy atom. The van der Waals surface area contributed by atoms with Gasteiger partial charge in [0.25, 0.3) is 5.91 Å². The minimum absolute atomic E-state index is 0.184. The molecule has 1 aliphatic rings. The minimum atomic E-state index is -0.184. The molecule has 0 aliphatic carbocycles. The number of carbonyl (C=O) groups excluding carboxylic acids is 1. The summed E-state index contributed by atoms with van der Waals surface area (Å²) in [5, 5.41) is 1.14. The lowest BCUT2D eigenvalue weighted by Crippen LogP contribution is -2.30. The van der Waals surface area contributed by atoms with Crippen LogP contribution in [-0.2, 0) is 4.79 Å². The highest BCUT2D eigenvalue weighted by atomic mass is 35.5. The summed E-state index contributed by atoms with van der Waals surface area (Å²) in [7, 11) is 3.17. The molecule has 2 aromatic rings. The lowest BCUT2D eigenvalue weighted by molar-refractivity contribution is -0.113. The molecule has 7 heteroatoms. The van der Waals surface area contributed by atoms with Gasteiger partial charge in [-0.15, -0.1) is 0 Å². The van der Waals surface area contributed by atoms with Gasteiger partial charge in [0.1, 0.15) is 17.2 Å². The van der Waals surface area contributed by atoms with Crippen LogP contribution in [0.5, 0.6) is 11.5 Å². The maximum absolute atomic E-state index is 13.2. The molecule has 0 saturated carbocycles. The number of hydrogen-bond donors (Lipinski definition) is 0. The predicted octanol–water partition coefficient (Wildman–Crippen LogP) is 5.49. The lowest BCUT2D eigenvalue weighted by Gasteiger charge is -2.19. The SMILES string of the molecule is COc1ccc(/C=C2\N=C(SCC(C)C)N(c3ccc(Cl)c(OC)c3)C2=O)cc1. The molecule has 0 radical (unpaired) electrons. The lowest BCUT2D eigenvalue weighted by atomic mass is 10.2. The largest absolute Gasteiger partial charge is 0.497 e. The summed E-state index contributed by atoms with van der Waals surface area (Å²) < 4.78 is 10.5. The summed E-state index contributed by atoms with van der Waals surface area (Å²) in [6.45, 7) is 4.27. The smallest absolute Gasteiger partial charge is 0.283 e. The molecule has 0 spiro atoms. The van der Waals surface area contributed by atoms with Gasteiger partial charge in [0, 0.05) is 11.8 Å². The highest BCUT2D eigenvalue weighted by Crippen LogP contribution is 2.35. The zero-order valence-electron chi connectivity index (χ0n) is 16.8. The Morgan fingerprint density at radius 1 is 1.14 bits per heavy atom. The Morgan fingerprint density at radius 3 is 2.48 bits per heavy atom. The van der Waals surface area contributed by atoms with E-state index in [2.05, 4.69) is 18.8 Å². The van der Waals surface area contributed by atoms with Crippen molar-refractivity contribution in [1.29, 1.82) is 0 Å². The van der Waals surface area contributed by atoms with Crippen LogP contribution < -0.4 is 14.4 Å². The average molecular weight is 431 g/mol. The number of anilines is 1. The first-order chi connectivity index (χ1) is 13.9. The number of halogens is 1. The monoisotopic (exact) mass is 430 g/mol. The van der Waals surface area contributed by atoms with Crippen LogP contribution in [0.3, 0.4) is 0 Å². The second-order valence-corrected chi connectivity index (χ2v) is 8.26. The maximum Gasteiger partial charge on any atom is 0.283 e. The molecule has 0 unspecified atom stereocenters. The number of hydrogen-bond acceptors (Lipinski definition) is 5. The van der Waals surface area contributed by atoms with Crippen LogP contribution in [0.15, 0.2) is 53.2 Å². The third-order valence-corrected chi connectivity index (χ3v) is 5.87. The Kier molecular flexibility index (Phi) is 6.87. The van der Waals surface area contributed by atoms with E-state index in [1.165, 1.54) is 0 Å². The van der Waals surface area contributed by atoms with Crippen LogP contribution in [0.1, 0.15) is 19.4 Å². The Labute approximate surface area is 180 Å². The molecule has 1 heterocycles. The highest BCUT2D eigenvalue weighted by molar-refractivity contribution is 8.14. The van der Waals surface area contributed by atoms with Crippen molar-refractivity contribution in [2.24, 2.45) is 10.9 Å². The molecular formula is C22H23ClN2O3S. The van der Waals surface area contributed by atoms with E-state index in [4.69, 9.17) is 21.1 Å². The van der Waals surface area contributed by atoms with Crippen LogP contribution in [0, 0.1) is 5.92 Å². The summed E-state index contributed by atoms with van der Waals surface area (Å²) in [5.74, 6) is 2.41. The van der Waals surface area contributed by atoms with E-state index in [1.807, 2.05) is 24.3 Å². The van der Waals surface area contributed by atoms with Crippen molar-refractivity contribution in [2.75, 3.05) is 24.9 Å². The third-order valence-electron chi connectivity index (χ3n) is 4.19. The molecule has 0 fully saturated rings. The molecular weight excluding hydrogens is 408 g/mol. The van der Waals surface area contributed by atoms with E-state index >= 15 is 0 Å². The predicted molar refractivity (Wildman–Crippen MR) is 121 cm³/mol. The van der Waals surface area contributed by atoms with E-state index in [0.29, 0.717) is 33.2 Å². The van der Waals surface area contributed by atoms with Crippen molar-refractivity contribution >= 4 is 46.2 Å². The molecule has 3 rings (SSSR count). The molecule has 0 saturated heterocycles. The fourth-order valence-electron chi connectivity index (χ4n) is 2.71. The van der Waals surface area contributed by atoms with Gasteiger partial charge in [-0.1, -0.05) is 49.3 Å². The van der Waals surface area contributed by atoms with Gasteiger partial charge in [-0.2, -0.15) is 0 Å². The third kappa shape index (κ3) is 4.95. The molecule has 0 aromatic heterocycles. The van der Waals surface area contributed by atoms with Crippen molar-refractivity contribution in [1.82, 2.24) is 0 Å². The van der Waals surface area contributed by atoms with E-state index in [1.54, 1.807) is 55.2 Å². The highest BCUT2D eigenvalue weighted by Gasteiger charge is 2.32. The van der Waals surface area contributed by atoms with Crippen molar-refractivity contribution < 1.29 is 14.3 Å². The number of amides is 1. The van der Waals surface area contributed by atoms with Crippen LogP contribution >= 0.6 is 23.4 Å². The fourth-order valence-corrected chi connectivity index (χ4v) is 3.87. The van der Waals surface area contributed by atoms with E-state index in [9.17, 15) is 4.79 Å². The second-order valence-electron chi connectivity index (χ2n) is 6.86. The Hall–Kier alpha value is -2.44. The van der Waals surface area contributed by atoms with E-state index in [0.717, 1.165) is 17.1 Å². The van der Waals surface area contributed by atoms with E-state index < -0.39 is 0 Å². The number of nitrogens with zero attached hydrogens (tertiary/aromatic N) is 2. The molecule has 0 N–H and O–H groups in total. The standard InChI is InChI=1S/C22H23ClN2O3S/c1-14(2)13-29-22-24-19(11-15-5-8-17(27-3)9-6-15)21(26)25(22)16-7-10-18(23)20(12-16)28-4/h5-12,14H,13H2,1-4H3/b19-11-. The summed E-state index contributed by atoms with van der Waals surface area (Å²) in [4.78, 5) is 19.4. The van der Waals surface area contributed by atoms with Gasteiger partial charge in [-0.3, -0.25) is 9.69 Å². The van der Waals surface area contributed by atoms with Crippen molar-refractivity contribution in [3.63, 3.8) is 0 Å². The molecule has 152 valence electrons. The van der Waals surface area contributed by atoms with Gasteiger partial charge in [-0.25, -0.2) is 4.99 Å². The number of rotatable bonds is 6. The molecule has 1 amide bonds. The number of thioether (sulfide) groups is 1.